The van der Waals surface area contributed by atoms with E-state index in [9.17, 15) is 9.59 Å². The highest BCUT2D eigenvalue weighted by Gasteiger charge is 2.30. The fourth-order valence-electron chi connectivity index (χ4n) is 1.91. The summed E-state index contributed by atoms with van der Waals surface area (Å²) in [6.07, 6.45) is 1.65. The zero-order valence-electron chi connectivity index (χ0n) is 10.8. The fraction of sp³-hybridized carbons (Fsp3) is 0.500. The minimum Gasteiger partial charge on any atom is -0.479 e. The average Bonchev–Trinajstić information content (AvgIpc) is 2.93. The van der Waals surface area contributed by atoms with Gasteiger partial charge in [-0.2, -0.15) is 10.2 Å². The summed E-state index contributed by atoms with van der Waals surface area (Å²) in [5, 5.41) is 21.6. The van der Waals surface area contributed by atoms with Crippen LogP contribution in [0.3, 0.4) is 0 Å². The first-order chi connectivity index (χ1) is 9.65. The highest BCUT2D eigenvalue weighted by atomic mass is 16.5. The first kappa shape index (κ1) is 14.2. The molecule has 1 aliphatic rings. The van der Waals surface area contributed by atoms with Crippen LogP contribution in [0.25, 0.3) is 0 Å². The number of carboxylic acid groups (broad SMARTS) is 1. The lowest BCUT2D eigenvalue weighted by Crippen LogP contribution is -2.39. The molecule has 1 saturated heterocycles. The second kappa shape index (κ2) is 6.80. The van der Waals surface area contributed by atoms with Crippen molar-refractivity contribution in [1.82, 2.24) is 20.8 Å². The highest BCUT2D eigenvalue weighted by Crippen LogP contribution is 2.19. The van der Waals surface area contributed by atoms with E-state index in [1.165, 1.54) is 0 Å². The van der Waals surface area contributed by atoms with Crippen molar-refractivity contribution in [3.63, 3.8) is 0 Å². The van der Waals surface area contributed by atoms with Crippen molar-refractivity contribution in [2.75, 3.05) is 6.54 Å². The van der Waals surface area contributed by atoms with Crippen LogP contribution in [0.4, 0.5) is 4.79 Å². The zero-order chi connectivity index (χ0) is 14.4. The van der Waals surface area contributed by atoms with Crippen molar-refractivity contribution < 1.29 is 19.4 Å². The number of aliphatic carboxylic acids is 1. The molecule has 20 heavy (non-hydrogen) atoms. The standard InChI is InChI=1S/C12H16N4O4/c17-11(18)10-4-3-9(20-10)7-14-12(19)13-6-8-2-1-5-15-16-8/h1-2,5,9-10H,3-4,6-7H2,(H,17,18)(H2,13,14,19). The summed E-state index contributed by atoms with van der Waals surface area (Å²) in [5.41, 5.74) is 0.658. The van der Waals surface area contributed by atoms with Crippen molar-refractivity contribution in [2.45, 2.75) is 31.6 Å². The number of carbonyl (C=O) groups excluding carboxylic acids is 1. The van der Waals surface area contributed by atoms with Gasteiger partial charge in [0, 0.05) is 12.7 Å². The number of ether oxygens (including phenoxy) is 1. The van der Waals surface area contributed by atoms with Gasteiger partial charge in [0.25, 0.3) is 0 Å². The first-order valence-electron chi connectivity index (χ1n) is 6.31. The normalized spacial score (nSPS) is 21.4. The number of urea groups is 1. The van der Waals surface area contributed by atoms with Crippen LogP contribution in [0.15, 0.2) is 18.3 Å². The number of aromatic nitrogens is 2. The van der Waals surface area contributed by atoms with Gasteiger partial charge < -0.3 is 20.5 Å². The van der Waals surface area contributed by atoms with Gasteiger partial charge in [0.1, 0.15) is 0 Å². The second-order valence-corrected chi connectivity index (χ2v) is 4.44. The summed E-state index contributed by atoms with van der Waals surface area (Å²) in [6.45, 7) is 0.568. The number of carboxylic acids is 1. The molecule has 1 aromatic heterocycles. The molecule has 0 radical (unpaired) electrons. The Labute approximate surface area is 115 Å². The third kappa shape index (κ3) is 4.16. The van der Waals surface area contributed by atoms with Crippen LogP contribution in [0, 0.1) is 0 Å². The Morgan fingerprint density at radius 1 is 1.40 bits per heavy atom. The lowest BCUT2D eigenvalue weighted by atomic mass is 10.2. The summed E-state index contributed by atoms with van der Waals surface area (Å²) in [4.78, 5) is 22.3. The first-order valence-corrected chi connectivity index (χ1v) is 6.31. The van der Waals surface area contributed by atoms with E-state index in [1.807, 2.05) is 0 Å². The molecule has 1 aliphatic heterocycles. The molecule has 8 nitrogen and oxygen atoms in total. The largest absolute Gasteiger partial charge is 0.479 e. The maximum Gasteiger partial charge on any atom is 0.332 e. The zero-order valence-corrected chi connectivity index (χ0v) is 10.8. The number of hydrogen-bond acceptors (Lipinski definition) is 5. The summed E-state index contributed by atoms with van der Waals surface area (Å²) in [5.74, 6) is -0.959. The van der Waals surface area contributed by atoms with Gasteiger partial charge in [0.2, 0.25) is 0 Å². The predicted molar refractivity (Wildman–Crippen MR) is 67.8 cm³/mol. The van der Waals surface area contributed by atoms with Gasteiger partial charge in [-0.1, -0.05) is 0 Å². The van der Waals surface area contributed by atoms with Gasteiger partial charge in [0.05, 0.1) is 18.3 Å². The lowest BCUT2D eigenvalue weighted by molar-refractivity contribution is -0.149. The molecule has 1 aromatic rings. The Bertz CT molecular complexity index is 468. The van der Waals surface area contributed by atoms with Gasteiger partial charge in [0.15, 0.2) is 6.10 Å². The smallest absolute Gasteiger partial charge is 0.332 e. The Hall–Kier alpha value is -2.22. The van der Waals surface area contributed by atoms with Crippen molar-refractivity contribution >= 4 is 12.0 Å². The van der Waals surface area contributed by atoms with E-state index in [1.54, 1.807) is 18.3 Å². The maximum absolute atomic E-state index is 11.5. The van der Waals surface area contributed by atoms with Crippen LogP contribution in [0.5, 0.6) is 0 Å². The van der Waals surface area contributed by atoms with Gasteiger partial charge in [-0.15, -0.1) is 0 Å². The highest BCUT2D eigenvalue weighted by molar-refractivity contribution is 5.74. The Morgan fingerprint density at radius 3 is 2.90 bits per heavy atom. The summed E-state index contributed by atoms with van der Waals surface area (Å²) >= 11 is 0. The SMILES string of the molecule is O=C(NCc1cccnn1)NCC1CCC(C(=O)O)O1. The second-order valence-electron chi connectivity index (χ2n) is 4.44. The van der Waals surface area contributed by atoms with E-state index in [2.05, 4.69) is 20.8 Å². The Morgan fingerprint density at radius 2 is 2.25 bits per heavy atom. The monoisotopic (exact) mass is 280 g/mol. The average molecular weight is 280 g/mol. The van der Waals surface area contributed by atoms with Crippen molar-refractivity contribution in [3.05, 3.63) is 24.0 Å². The summed E-state index contributed by atoms with van der Waals surface area (Å²) < 4.78 is 5.27. The van der Waals surface area contributed by atoms with E-state index in [0.29, 0.717) is 18.5 Å². The molecule has 0 spiro atoms. The van der Waals surface area contributed by atoms with Crippen LogP contribution in [-0.2, 0) is 16.1 Å². The number of rotatable bonds is 5. The van der Waals surface area contributed by atoms with Crippen LogP contribution >= 0.6 is 0 Å². The molecule has 2 amide bonds. The molecule has 8 heteroatoms. The van der Waals surface area contributed by atoms with Gasteiger partial charge in [-0.3, -0.25) is 0 Å². The van der Waals surface area contributed by atoms with E-state index in [-0.39, 0.29) is 25.2 Å². The molecule has 3 N–H and O–H groups in total. The topological polar surface area (TPSA) is 113 Å². The van der Waals surface area contributed by atoms with Crippen LogP contribution < -0.4 is 10.6 Å². The molecule has 0 aromatic carbocycles. The van der Waals surface area contributed by atoms with Crippen molar-refractivity contribution in [1.29, 1.82) is 0 Å². The van der Waals surface area contributed by atoms with E-state index < -0.39 is 12.1 Å². The molecular weight excluding hydrogens is 264 g/mol. The molecule has 2 atom stereocenters. The molecule has 0 aliphatic carbocycles. The quantitative estimate of drug-likeness (QED) is 0.694. The fourth-order valence-corrected chi connectivity index (χ4v) is 1.91. The number of carbonyl (C=O) groups is 2. The molecule has 108 valence electrons. The molecule has 2 unspecified atom stereocenters. The van der Waals surface area contributed by atoms with Crippen LogP contribution in [0.2, 0.25) is 0 Å². The molecule has 1 fully saturated rings. The summed E-state index contributed by atoms with van der Waals surface area (Å²) in [7, 11) is 0. The third-order valence-corrected chi connectivity index (χ3v) is 2.93. The lowest BCUT2D eigenvalue weighted by Gasteiger charge is -2.12. The predicted octanol–water partition coefficient (Wildman–Crippen LogP) is -0.0920. The number of hydrogen-bond donors (Lipinski definition) is 3. The molecule has 0 saturated carbocycles. The molecule has 2 rings (SSSR count). The third-order valence-electron chi connectivity index (χ3n) is 2.93. The number of nitrogens with one attached hydrogen (secondary N) is 2. The van der Waals surface area contributed by atoms with Crippen molar-refractivity contribution in [2.24, 2.45) is 0 Å². The minimum absolute atomic E-state index is 0.252. The van der Waals surface area contributed by atoms with Crippen molar-refractivity contribution in [3.8, 4) is 0 Å². The maximum atomic E-state index is 11.5. The van der Waals surface area contributed by atoms with E-state index in [4.69, 9.17) is 9.84 Å². The van der Waals surface area contributed by atoms with Gasteiger partial charge >= 0.3 is 12.0 Å². The van der Waals surface area contributed by atoms with Crippen LogP contribution in [-0.4, -0.2) is 46.1 Å². The number of nitrogens with zero attached hydrogens (tertiary/aromatic N) is 2. The van der Waals surface area contributed by atoms with Crippen LogP contribution in [0.1, 0.15) is 18.5 Å². The van der Waals surface area contributed by atoms with Gasteiger partial charge in [-0.05, 0) is 25.0 Å². The molecular formula is C12H16N4O4. The molecule has 2 heterocycles. The van der Waals surface area contributed by atoms with E-state index in [0.717, 1.165) is 0 Å². The Balaban J connectivity index is 1.65. The minimum atomic E-state index is -0.959. The number of amides is 2. The van der Waals surface area contributed by atoms with E-state index >= 15 is 0 Å². The van der Waals surface area contributed by atoms with Gasteiger partial charge in [-0.25, -0.2) is 9.59 Å². The summed E-state index contributed by atoms with van der Waals surface area (Å²) in [6, 6.07) is 3.14. The Kier molecular flexibility index (Phi) is 4.83. The molecule has 0 bridgehead atoms.